The molecular weight excluding hydrogens is 338 g/mol. The van der Waals surface area contributed by atoms with Crippen LogP contribution < -0.4 is 10.5 Å². The summed E-state index contributed by atoms with van der Waals surface area (Å²) < 4.78 is 6.31. The Kier molecular flexibility index (Phi) is 4.52. The standard InChI is InChI=1S/C17H15N5O4/c1-26-15-8-11(7-14(16(15)23)22(24)25)9-19-21-10-13(20-17(21)18)12-5-3-2-4-6-12/h2-10,23H,1H3,(H2,18,20). The van der Waals surface area contributed by atoms with E-state index >= 15 is 0 Å². The van der Waals surface area contributed by atoms with E-state index in [1.54, 1.807) is 6.20 Å². The Hall–Kier alpha value is -3.88. The molecule has 26 heavy (non-hydrogen) atoms. The summed E-state index contributed by atoms with van der Waals surface area (Å²) in [7, 11) is 1.31. The lowest BCUT2D eigenvalue weighted by Crippen LogP contribution is -1.98. The second kappa shape index (κ2) is 6.93. The van der Waals surface area contributed by atoms with Gasteiger partial charge in [-0.3, -0.25) is 10.1 Å². The van der Waals surface area contributed by atoms with E-state index in [1.807, 2.05) is 30.3 Å². The van der Waals surface area contributed by atoms with Crippen LogP contribution in [-0.2, 0) is 0 Å². The fourth-order valence-corrected chi connectivity index (χ4v) is 2.34. The molecular formula is C17H15N5O4. The van der Waals surface area contributed by atoms with E-state index in [1.165, 1.54) is 30.1 Å². The summed E-state index contributed by atoms with van der Waals surface area (Å²) in [5.74, 6) is -0.396. The highest BCUT2D eigenvalue weighted by Crippen LogP contribution is 2.36. The number of imidazole rings is 1. The zero-order chi connectivity index (χ0) is 18.7. The van der Waals surface area contributed by atoms with Crippen molar-refractivity contribution in [2.45, 2.75) is 0 Å². The van der Waals surface area contributed by atoms with Crippen LogP contribution in [0.4, 0.5) is 11.6 Å². The maximum atomic E-state index is 11.0. The number of phenolic OH excluding ortho intramolecular Hbond substituents is 1. The van der Waals surface area contributed by atoms with Crippen molar-refractivity contribution in [3.63, 3.8) is 0 Å². The monoisotopic (exact) mass is 353 g/mol. The maximum Gasteiger partial charge on any atom is 0.315 e. The van der Waals surface area contributed by atoms with Crippen LogP contribution in [0.3, 0.4) is 0 Å². The molecule has 0 spiro atoms. The average Bonchev–Trinajstić information content (AvgIpc) is 3.02. The second-order valence-electron chi connectivity index (χ2n) is 5.29. The quantitative estimate of drug-likeness (QED) is 0.412. The predicted octanol–water partition coefficient (Wildman–Crippen LogP) is 2.64. The number of rotatable bonds is 5. The van der Waals surface area contributed by atoms with Gasteiger partial charge in [0.05, 0.1) is 30.1 Å². The first-order chi connectivity index (χ1) is 12.5. The molecule has 0 saturated heterocycles. The minimum Gasteiger partial charge on any atom is -0.500 e. The van der Waals surface area contributed by atoms with Crippen LogP contribution in [0.15, 0.2) is 53.8 Å². The van der Waals surface area contributed by atoms with Crippen molar-refractivity contribution in [3.8, 4) is 22.8 Å². The molecule has 0 aliphatic rings. The van der Waals surface area contributed by atoms with Crippen LogP contribution >= 0.6 is 0 Å². The predicted molar refractivity (Wildman–Crippen MR) is 96.4 cm³/mol. The second-order valence-corrected chi connectivity index (χ2v) is 5.29. The molecule has 0 aliphatic heterocycles. The lowest BCUT2D eigenvalue weighted by Gasteiger charge is -2.05. The molecule has 9 heteroatoms. The van der Waals surface area contributed by atoms with E-state index in [4.69, 9.17) is 10.5 Å². The van der Waals surface area contributed by atoms with Gasteiger partial charge in [-0.15, -0.1) is 0 Å². The van der Waals surface area contributed by atoms with Gasteiger partial charge in [0.1, 0.15) is 0 Å². The number of aromatic hydroxyl groups is 1. The molecule has 0 unspecified atom stereocenters. The Morgan fingerprint density at radius 3 is 2.73 bits per heavy atom. The zero-order valence-corrected chi connectivity index (χ0v) is 13.7. The maximum absolute atomic E-state index is 11.0. The minimum absolute atomic E-state index is 0.0239. The molecule has 1 heterocycles. The van der Waals surface area contributed by atoms with E-state index < -0.39 is 16.4 Å². The van der Waals surface area contributed by atoms with Gasteiger partial charge in [-0.1, -0.05) is 30.3 Å². The number of nitro groups is 1. The van der Waals surface area contributed by atoms with Crippen LogP contribution in [0.2, 0.25) is 0 Å². The van der Waals surface area contributed by atoms with Crippen LogP contribution in [-0.4, -0.2) is 33.0 Å². The first-order valence-electron chi connectivity index (χ1n) is 7.49. The van der Waals surface area contributed by atoms with Gasteiger partial charge in [-0.2, -0.15) is 5.10 Å². The molecule has 0 aliphatic carbocycles. The average molecular weight is 353 g/mol. The van der Waals surface area contributed by atoms with E-state index in [9.17, 15) is 15.2 Å². The fraction of sp³-hybridized carbons (Fsp3) is 0.0588. The van der Waals surface area contributed by atoms with Crippen molar-refractivity contribution in [3.05, 3.63) is 64.3 Å². The SMILES string of the molecule is COc1cc(C=Nn2cc(-c3ccccc3)nc2N)cc([N+](=O)[O-])c1O. The summed E-state index contributed by atoms with van der Waals surface area (Å²) in [5, 5.41) is 25.0. The van der Waals surface area contributed by atoms with Crippen LogP contribution in [0, 0.1) is 10.1 Å². The Morgan fingerprint density at radius 2 is 2.08 bits per heavy atom. The van der Waals surface area contributed by atoms with E-state index in [-0.39, 0.29) is 11.7 Å². The van der Waals surface area contributed by atoms with Crippen molar-refractivity contribution in [1.29, 1.82) is 0 Å². The molecule has 3 aromatic rings. The molecule has 3 N–H and O–H groups in total. The van der Waals surface area contributed by atoms with Gasteiger partial charge in [-0.05, 0) is 6.07 Å². The number of nitrogens with zero attached hydrogens (tertiary/aromatic N) is 4. The summed E-state index contributed by atoms with van der Waals surface area (Å²) in [6.07, 6.45) is 3.01. The molecule has 0 atom stereocenters. The van der Waals surface area contributed by atoms with E-state index in [0.717, 1.165) is 5.56 Å². The third-order valence-corrected chi connectivity index (χ3v) is 3.61. The largest absolute Gasteiger partial charge is 0.500 e. The third-order valence-electron chi connectivity index (χ3n) is 3.61. The minimum atomic E-state index is -0.700. The summed E-state index contributed by atoms with van der Waals surface area (Å²) in [6, 6.07) is 12.1. The van der Waals surface area contributed by atoms with Crippen molar-refractivity contribution >= 4 is 17.9 Å². The summed E-state index contributed by atoms with van der Waals surface area (Å²) >= 11 is 0. The topological polar surface area (TPSA) is 129 Å². The van der Waals surface area contributed by atoms with Crippen LogP contribution in [0.25, 0.3) is 11.3 Å². The number of phenols is 1. The molecule has 0 radical (unpaired) electrons. The number of hydrogen-bond donors (Lipinski definition) is 2. The van der Waals surface area contributed by atoms with Gasteiger partial charge in [-0.25, -0.2) is 9.66 Å². The number of aromatic nitrogens is 2. The van der Waals surface area contributed by atoms with Gasteiger partial charge >= 0.3 is 5.69 Å². The summed E-state index contributed by atoms with van der Waals surface area (Å²) in [6.45, 7) is 0. The van der Waals surface area contributed by atoms with Crippen molar-refractivity contribution in [2.24, 2.45) is 5.10 Å². The van der Waals surface area contributed by atoms with Gasteiger partial charge in [0.2, 0.25) is 11.7 Å². The van der Waals surface area contributed by atoms with E-state index in [0.29, 0.717) is 11.3 Å². The van der Waals surface area contributed by atoms with Crippen LogP contribution in [0.5, 0.6) is 11.5 Å². The van der Waals surface area contributed by atoms with Crippen molar-refractivity contribution in [2.75, 3.05) is 12.8 Å². The molecule has 0 amide bonds. The summed E-state index contributed by atoms with van der Waals surface area (Å²) in [4.78, 5) is 14.6. The van der Waals surface area contributed by atoms with Crippen molar-refractivity contribution in [1.82, 2.24) is 9.66 Å². The molecule has 132 valence electrons. The number of hydrogen-bond acceptors (Lipinski definition) is 7. The zero-order valence-electron chi connectivity index (χ0n) is 13.7. The Bertz CT molecular complexity index is 982. The fourth-order valence-electron chi connectivity index (χ4n) is 2.34. The third kappa shape index (κ3) is 3.31. The number of methoxy groups -OCH3 is 1. The molecule has 3 rings (SSSR count). The lowest BCUT2D eigenvalue weighted by atomic mass is 10.2. The first-order valence-corrected chi connectivity index (χ1v) is 7.49. The molecule has 0 fully saturated rings. The molecule has 9 nitrogen and oxygen atoms in total. The van der Waals surface area contributed by atoms with Gasteiger partial charge in [0.15, 0.2) is 5.75 Å². The lowest BCUT2D eigenvalue weighted by molar-refractivity contribution is -0.386. The summed E-state index contributed by atoms with van der Waals surface area (Å²) in [5.41, 5.74) is 7.28. The number of ether oxygens (including phenoxy) is 1. The number of nitro benzene ring substituents is 1. The van der Waals surface area contributed by atoms with Crippen molar-refractivity contribution < 1.29 is 14.8 Å². The molecule has 0 saturated carbocycles. The van der Waals surface area contributed by atoms with Gasteiger partial charge < -0.3 is 15.6 Å². The van der Waals surface area contributed by atoms with E-state index in [2.05, 4.69) is 10.1 Å². The van der Waals surface area contributed by atoms with Gasteiger partial charge in [0.25, 0.3) is 0 Å². The highest BCUT2D eigenvalue weighted by molar-refractivity contribution is 5.83. The Labute approximate surface area is 148 Å². The molecule has 1 aromatic heterocycles. The Balaban J connectivity index is 1.95. The number of nitrogens with two attached hydrogens (primary N) is 1. The van der Waals surface area contributed by atoms with Crippen LogP contribution in [0.1, 0.15) is 5.56 Å². The highest BCUT2D eigenvalue weighted by Gasteiger charge is 2.19. The normalized spacial score (nSPS) is 11.0. The highest BCUT2D eigenvalue weighted by atomic mass is 16.6. The molecule has 2 aromatic carbocycles. The number of anilines is 1. The molecule has 0 bridgehead atoms. The number of nitrogen functional groups attached to an aromatic ring is 1. The number of benzene rings is 2. The first kappa shape index (κ1) is 17.0. The smallest absolute Gasteiger partial charge is 0.315 e. The Morgan fingerprint density at radius 1 is 1.35 bits per heavy atom. The van der Waals surface area contributed by atoms with Gasteiger partial charge in [0, 0.05) is 17.2 Å².